The van der Waals surface area contributed by atoms with E-state index in [9.17, 15) is 18.3 Å². The van der Waals surface area contributed by atoms with Crippen molar-refractivity contribution in [1.29, 1.82) is 0 Å². The molecule has 1 saturated heterocycles. The maximum absolute atomic E-state index is 13.0. The first-order chi connectivity index (χ1) is 10.9. The zero-order valence-electron chi connectivity index (χ0n) is 13.7. The van der Waals surface area contributed by atoms with Gasteiger partial charge in [-0.1, -0.05) is 18.6 Å². The van der Waals surface area contributed by atoms with E-state index in [0.717, 1.165) is 44.6 Å². The molecule has 1 aromatic carbocycles. The van der Waals surface area contributed by atoms with Crippen molar-refractivity contribution in [2.75, 3.05) is 19.6 Å². The van der Waals surface area contributed by atoms with Crippen LogP contribution in [0, 0.1) is 5.92 Å². The number of aliphatic hydroxyl groups is 1. The predicted molar refractivity (Wildman–Crippen MR) is 90.2 cm³/mol. The number of likely N-dealkylation sites (tertiary alicyclic amines) is 1. The molecule has 0 aromatic heterocycles. The Hall–Kier alpha value is -0.780. The first-order valence-electron chi connectivity index (χ1n) is 8.52. The van der Waals surface area contributed by atoms with Crippen LogP contribution in [0.15, 0.2) is 24.3 Å². The fourth-order valence-electron chi connectivity index (χ4n) is 3.62. The fraction of sp³-hybridized carbons (Fsp3) is 0.667. The van der Waals surface area contributed by atoms with Crippen molar-refractivity contribution in [3.8, 4) is 0 Å². The molecule has 1 heterocycles. The van der Waals surface area contributed by atoms with E-state index < -0.39 is 17.3 Å². The second kappa shape index (κ2) is 7.63. The van der Waals surface area contributed by atoms with Crippen LogP contribution >= 0.6 is 12.4 Å². The maximum Gasteiger partial charge on any atom is 0.416 e. The molecule has 0 bridgehead atoms. The SMILES string of the molecule is Cl.OC(CCN1CCCCC1)(c1cccc(C(F)(F)F)c1)C1CC1. The summed E-state index contributed by atoms with van der Waals surface area (Å²) in [5, 5.41) is 11.1. The quantitative estimate of drug-likeness (QED) is 0.826. The fourth-order valence-corrected chi connectivity index (χ4v) is 3.62. The highest BCUT2D eigenvalue weighted by Gasteiger charge is 2.45. The molecule has 1 N–H and O–H groups in total. The summed E-state index contributed by atoms with van der Waals surface area (Å²) < 4.78 is 38.9. The molecule has 1 aliphatic carbocycles. The molecule has 0 amide bonds. The standard InChI is InChI=1S/C18H24F3NO.ClH/c19-18(20,21)16-6-4-5-15(13-16)17(23,14-7-8-14)9-12-22-10-2-1-3-11-22;/h4-6,13-14,23H,1-3,7-12H2;1H. The average Bonchev–Trinajstić information content (AvgIpc) is 3.38. The van der Waals surface area contributed by atoms with Gasteiger partial charge in [0.2, 0.25) is 0 Å². The molecule has 1 unspecified atom stereocenters. The average molecular weight is 364 g/mol. The van der Waals surface area contributed by atoms with Crippen LogP contribution in [0.1, 0.15) is 49.7 Å². The predicted octanol–water partition coefficient (Wildman–Crippen LogP) is 4.60. The van der Waals surface area contributed by atoms with Crippen LogP contribution < -0.4 is 0 Å². The van der Waals surface area contributed by atoms with Gasteiger partial charge in [0.15, 0.2) is 0 Å². The molecule has 1 aliphatic heterocycles. The third-order valence-corrected chi connectivity index (χ3v) is 5.20. The maximum atomic E-state index is 13.0. The van der Waals surface area contributed by atoms with Crippen molar-refractivity contribution in [2.45, 2.75) is 50.3 Å². The van der Waals surface area contributed by atoms with E-state index in [4.69, 9.17) is 0 Å². The van der Waals surface area contributed by atoms with Crippen LogP contribution in [0.2, 0.25) is 0 Å². The van der Waals surface area contributed by atoms with E-state index in [-0.39, 0.29) is 18.3 Å². The highest BCUT2D eigenvalue weighted by molar-refractivity contribution is 5.85. The molecule has 0 radical (unpaired) electrons. The minimum absolute atomic E-state index is 0. The van der Waals surface area contributed by atoms with E-state index in [1.807, 2.05) is 0 Å². The highest BCUT2D eigenvalue weighted by Crippen LogP contribution is 2.48. The third kappa shape index (κ3) is 4.44. The first-order valence-corrected chi connectivity index (χ1v) is 8.52. The Morgan fingerprint density at radius 2 is 1.67 bits per heavy atom. The van der Waals surface area contributed by atoms with Crippen LogP contribution in [-0.4, -0.2) is 29.6 Å². The Morgan fingerprint density at radius 1 is 1.04 bits per heavy atom. The van der Waals surface area contributed by atoms with E-state index in [1.165, 1.54) is 25.3 Å². The first kappa shape index (κ1) is 19.5. The lowest BCUT2D eigenvalue weighted by Gasteiger charge is -2.34. The van der Waals surface area contributed by atoms with Crippen molar-refractivity contribution in [1.82, 2.24) is 4.90 Å². The third-order valence-electron chi connectivity index (χ3n) is 5.20. The summed E-state index contributed by atoms with van der Waals surface area (Å²) in [6, 6.07) is 5.26. The summed E-state index contributed by atoms with van der Waals surface area (Å²) in [5.74, 6) is 0.0933. The summed E-state index contributed by atoms with van der Waals surface area (Å²) in [6.45, 7) is 2.82. The van der Waals surface area contributed by atoms with Crippen LogP contribution in [0.4, 0.5) is 13.2 Å². The molecule has 1 aromatic rings. The lowest BCUT2D eigenvalue weighted by Crippen LogP contribution is -2.37. The van der Waals surface area contributed by atoms with Crippen LogP contribution in [0.3, 0.4) is 0 Å². The number of alkyl halides is 3. The lowest BCUT2D eigenvalue weighted by molar-refractivity contribution is -0.137. The van der Waals surface area contributed by atoms with Gasteiger partial charge in [-0.25, -0.2) is 0 Å². The van der Waals surface area contributed by atoms with Crippen LogP contribution in [0.5, 0.6) is 0 Å². The zero-order chi connectivity index (χ0) is 16.5. The van der Waals surface area contributed by atoms with E-state index in [0.29, 0.717) is 12.0 Å². The molecule has 24 heavy (non-hydrogen) atoms. The van der Waals surface area contributed by atoms with E-state index in [2.05, 4.69) is 4.90 Å². The van der Waals surface area contributed by atoms with Gasteiger partial charge in [0.05, 0.1) is 11.2 Å². The Kier molecular flexibility index (Phi) is 6.21. The molecule has 2 nitrogen and oxygen atoms in total. The van der Waals surface area contributed by atoms with Gasteiger partial charge < -0.3 is 10.0 Å². The van der Waals surface area contributed by atoms with Gasteiger partial charge in [0, 0.05) is 6.54 Å². The highest BCUT2D eigenvalue weighted by atomic mass is 35.5. The molecular weight excluding hydrogens is 339 g/mol. The van der Waals surface area contributed by atoms with Gasteiger partial charge in [-0.2, -0.15) is 13.2 Å². The zero-order valence-corrected chi connectivity index (χ0v) is 14.5. The molecule has 136 valence electrons. The minimum Gasteiger partial charge on any atom is -0.385 e. The number of halogens is 4. The molecule has 2 fully saturated rings. The summed E-state index contributed by atoms with van der Waals surface area (Å²) >= 11 is 0. The van der Waals surface area contributed by atoms with Gasteiger partial charge in [-0.05, 0) is 68.8 Å². The number of nitrogens with zero attached hydrogens (tertiary/aromatic N) is 1. The molecular formula is C18H25ClF3NO. The Labute approximate surface area is 147 Å². The topological polar surface area (TPSA) is 23.5 Å². The summed E-state index contributed by atoms with van der Waals surface area (Å²) in [6.07, 6.45) is 1.53. The van der Waals surface area contributed by atoms with E-state index >= 15 is 0 Å². The van der Waals surface area contributed by atoms with Crippen molar-refractivity contribution < 1.29 is 18.3 Å². The second-order valence-corrected chi connectivity index (χ2v) is 6.93. The Balaban J connectivity index is 0.00000208. The summed E-state index contributed by atoms with van der Waals surface area (Å²) in [7, 11) is 0. The van der Waals surface area contributed by atoms with Gasteiger partial charge in [0.1, 0.15) is 0 Å². The molecule has 3 rings (SSSR count). The molecule has 1 saturated carbocycles. The Morgan fingerprint density at radius 3 is 2.25 bits per heavy atom. The second-order valence-electron chi connectivity index (χ2n) is 6.93. The smallest absolute Gasteiger partial charge is 0.385 e. The molecule has 6 heteroatoms. The van der Waals surface area contributed by atoms with Crippen molar-refractivity contribution >= 4 is 12.4 Å². The molecule has 2 aliphatic rings. The summed E-state index contributed by atoms with van der Waals surface area (Å²) in [4.78, 5) is 2.32. The van der Waals surface area contributed by atoms with Gasteiger partial charge >= 0.3 is 6.18 Å². The molecule has 0 spiro atoms. The molecule has 1 atom stereocenters. The number of piperidine rings is 1. The van der Waals surface area contributed by atoms with Gasteiger partial charge in [-0.3, -0.25) is 0 Å². The lowest BCUT2D eigenvalue weighted by atomic mass is 9.84. The van der Waals surface area contributed by atoms with Gasteiger partial charge in [-0.15, -0.1) is 12.4 Å². The Bertz CT molecular complexity index is 541. The van der Waals surface area contributed by atoms with Gasteiger partial charge in [0.25, 0.3) is 0 Å². The number of hydrogen-bond acceptors (Lipinski definition) is 2. The largest absolute Gasteiger partial charge is 0.416 e. The van der Waals surface area contributed by atoms with Crippen LogP contribution in [0.25, 0.3) is 0 Å². The minimum atomic E-state index is -4.37. The normalized spacial score (nSPS) is 21.8. The number of benzene rings is 1. The number of rotatable bonds is 5. The van der Waals surface area contributed by atoms with Crippen LogP contribution in [-0.2, 0) is 11.8 Å². The van der Waals surface area contributed by atoms with Crippen molar-refractivity contribution in [2.24, 2.45) is 5.92 Å². The van der Waals surface area contributed by atoms with Crippen molar-refractivity contribution in [3.05, 3.63) is 35.4 Å². The van der Waals surface area contributed by atoms with Crippen molar-refractivity contribution in [3.63, 3.8) is 0 Å². The monoisotopic (exact) mass is 363 g/mol. The number of hydrogen-bond donors (Lipinski definition) is 1. The summed E-state index contributed by atoms with van der Waals surface area (Å²) in [5.41, 5.74) is -1.38. The van der Waals surface area contributed by atoms with E-state index in [1.54, 1.807) is 6.07 Å².